The van der Waals surface area contributed by atoms with E-state index in [4.69, 9.17) is 11.6 Å². The molecule has 3 aromatic rings. The summed E-state index contributed by atoms with van der Waals surface area (Å²) in [7, 11) is 0. The molecule has 2 heterocycles. The van der Waals surface area contributed by atoms with E-state index in [-0.39, 0.29) is 0 Å². The van der Waals surface area contributed by atoms with Crippen LogP contribution in [0.4, 0.5) is 0 Å². The fourth-order valence-corrected chi connectivity index (χ4v) is 2.71. The van der Waals surface area contributed by atoms with Gasteiger partial charge in [-0.15, -0.1) is 0 Å². The highest BCUT2D eigenvalue weighted by molar-refractivity contribution is 14.1. The number of halogens is 2. The molecule has 0 aliphatic rings. The van der Waals surface area contributed by atoms with Gasteiger partial charge < -0.3 is 0 Å². The van der Waals surface area contributed by atoms with E-state index in [2.05, 4.69) is 37.5 Å². The maximum atomic E-state index is 6.27. The van der Waals surface area contributed by atoms with Crippen LogP contribution in [0.3, 0.4) is 0 Å². The fraction of sp³-hybridized carbons (Fsp3) is 0.0625. The minimum atomic E-state index is 0.447. The average Bonchev–Trinajstić information content (AvgIpc) is 2.51. The van der Waals surface area contributed by atoms with E-state index >= 15 is 0 Å². The predicted octanol–water partition coefficient (Wildman–Crippen LogP) is 4.77. The average molecular weight is 408 g/mol. The van der Waals surface area contributed by atoms with Gasteiger partial charge in [0.05, 0.1) is 9.26 Å². The van der Waals surface area contributed by atoms with Crippen molar-refractivity contribution in [3.05, 3.63) is 62.9 Å². The van der Waals surface area contributed by atoms with E-state index in [1.54, 1.807) is 0 Å². The summed E-state index contributed by atoms with van der Waals surface area (Å²) >= 11 is 8.45. The van der Waals surface area contributed by atoms with Gasteiger partial charge in [-0.05, 0) is 41.6 Å². The first-order valence-electron chi connectivity index (χ1n) is 6.37. The summed E-state index contributed by atoms with van der Waals surface area (Å²) in [6, 6.07) is 15.7. The Kier molecular flexibility index (Phi) is 4.17. The van der Waals surface area contributed by atoms with E-state index in [1.807, 2.05) is 55.5 Å². The Hall–Kier alpha value is -1.53. The van der Waals surface area contributed by atoms with Gasteiger partial charge in [-0.3, -0.25) is 0 Å². The molecule has 0 amide bonds. The maximum absolute atomic E-state index is 6.27. The second-order valence-electron chi connectivity index (χ2n) is 4.53. The van der Waals surface area contributed by atoms with Crippen LogP contribution in [-0.2, 0) is 0 Å². The van der Waals surface area contributed by atoms with Crippen LogP contribution >= 0.6 is 34.2 Å². The van der Waals surface area contributed by atoms with Crippen LogP contribution in [0.2, 0.25) is 5.15 Å². The zero-order chi connectivity index (χ0) is 14.8. The van der Waals surface area contributed by atoms with Crippen LogP contribution in [0, 0.1) is 10.5 Å². The Morgan fingerprint density at radius 2 is 1.67 bits per heavy atom. The van der Waals surface area contributed by atoms with Crippen molar-refractivity contribution in [3.63, 3.8) is 0 Å². The highest BCUT2D eigenvalue weighted by Gasteiger charge is 2.14. The highest BCUT2D eigenvalue weighted by atomic mass is 127. The minimum absolute atomic E-state index is 0.447. The van der Waals surface area contributed by atoms with Crippen molar-refractivity contribution in [3.8, 4) is 22.8 Å². The van der Waals surface area contributed by atoms with Gasteiger partial charge in [-0.1, -0.05) is 48.0 Å². The third-order valence-corrected chi connectivity index (χ3v) is 4.59. The summed E-state index contributed by atoms with van der Waals surface area (Å²) in [6.45, 7) is 1.94. The van der Waals surface area contributed by atoms with Crippen molar-refractivity contribution in [2.75, 3.05) is 0 Å². The Bertz CT molecular complexity index is 791. The van der Waals surface area contributed by atoms with Crippen LogP contribution in [0.25, 0.3) is 22.8 Å². The quantitative estimate of drug-likeness (QED) is 0.454. The zero-order valence-electron chi connectivity index (χ0n) is 11.2. The van der Waals surface area contributed by atoms with Gasteiger partial charge in [0, 0.05) is 11.3 Å². The number of nitrogens with zero attached hydrogens (tertiary/aromatic N) is 3. The number of benzene rings is 1. The lowest BCUT2D eigenvalue weighted by atomic mass is 10.1. The van der Waals surface area contributed by atoms with Crippen LogP contribution in [0.15, 0.2) is 48.5 Å². The molecule has 0 atom stereocenters. The van der Waals surface area contributed by atoms with Gasteiger partial charge >= 0.3 is 0 Å². The molecule has 0 aliphatic heterocycles. The summed E-state index contributed by atoms with van der Waals surface area (Å²) in [5, 5.41) is 0.447. The molecule has 5 heteroatoms. The summed E-state index contributed by atoms with van der Waals surface area (Å²) in [5.41, 5.74) is 3.49. The van der Waals surface area contributed by atoms with Gasteiger partial charge in [-0.2, -0.15) is 0 Å². The first kappa shape index (κ1) is 14.4. The fourth-order valence-electron chi connectivity index (χ4n) is 1.99. The topological polar surface area (TPSA) is 38.7 Å². The third kappa shape index (κ3) is 3.06. The van der Waals surface area contributed by atoms with Crippen LogP contribution < -0.4 is 0 Å². The second-order valence-corrected chi connectivity index (χ2v) is 5.97. The molecule has 0 saturated carbocycles. The predicted molar refractivity (Wildman–Crippen MR) is 93.2 cm³/mol. The van der Waals surface area contributed by atoms with Gasteiger partial charge in [0.15, 0.2) is 5.82 Å². The Morgan fingerprint density at radius 1 is 0.905 bits per heavy atom. The maximum Gasteiger partial charge on any atom is 0.180 e. The lowest BCUT2D eigenvalue weighted by molar-refractivity contribution is 1.11. The van der Waals surface area contributed by atoms with Crippen molar-refractivity contribution in [1.82, 2.24) is 15.0 Å². The monoisotopic (exact) mass is 407 g/mol. The summed E-state index contributed by atoms with van der Waals surface area (Å²) in [5.74, 6) is 0.544. The lowest BCUT2D eigenvalue weighted by Crippen LogP contribution is -1.99. The van der Waals surface area contributed by atoms with Gasteiger partial charge in [0.1, 0.15) is 10.8 Å². The largest absolute Gasteiger partial charge is 0.250 e. The molecule has 0 fully saturated rings. The van der Waals surface area contributed by atoms with Crippen molar-refractivity contribution in [1.29, 1.82) is 0 Å². The normalized spacial score (nSPS) is 10.6. The zero-order valence-corrected chi connectivity index (χ0v) is 14.1. The number of pyridine rings is 1. The van der Waals surface area contributed by atoms with Crippen LogP contribution in [-0.4, -0.2) is 15.0 Å². The number of aryl methyl sites for hydroxylation is 1. The molecule has 3 rings (SSSR count). The van der Waals surface area contributed by atoms with Crippen molar-refractivity contribution in [2.45, 2.75) is 6.92 Å². The van der Waals surface area contributed by atoms with Gasteiger partial charge in [-0.25, -0.2) is 15.0 Å². The van der Waals surface area contributed by atoms with E-state index in [9.17, 15) is 0 Å². The van der Waals surface area contributed by atoms with E-state index in [0.29, 0.717) is 11.0 Å². The van der Waals surface area contributed by atoms with Gasteiger partial charge in [0.25, 0.3) is 0 Å². The molecule has 0 spiro atoms. The number of hydrogen-bond acceptors (Lipinski definition) is 3. The molecule has 21 heavy (non-hydrogen) atoms. The minimum Gasteiger partial charge on any atom is -0.250 e. The van der Waals surface area contributed by atoms with Crippen LogP contribution in [0.5, 0.6) is 0 Å². The SMILES string of the molecule is Cc1cccc(-c2nc(Cl)c(I)c(-c3ccccc3)n2)n1. The molecule has 0 N–H and O–H groups in total. The molecule has 3 nitrogen and oxygen atoms in total. The lowest BCUT2D eigenvalue weighted by Gasteiger charge is -2.08. The molecule has 0 saturated heterocycles. The molecular formula is C16H11ClIN3. The first-order valence-corrected chi connectivity index (χ1v) is 7.83. The highest BCUT2D eigenvalue weighted by Crippen LogP contribution is 2.29. The van der Waals surface area contributed by atoms with Crippen molar-refractivity contribution < 1.29 is 0 Å². The Labute approximate surface area is 141 Å². The summed E-state index contributed by atoms with van der Waals surface area (Å²) in [6.07, 6.45) is 0. The first-order chi connectivity index (χ1) is 10.1. The molecule has 104 valence electrons. The second kappa shape index (κ2) is 6.07. The number of rotatable bonds is 2. The number of hydrogen-bond donors (Lipinski definition) is 0. The molecule has 0 aliphatic carbocycles. The van der Waals surface area contributed by atoms with Gasteiger partial charge in [0.2, 0.25) is 0 Å². The van der Waals surface area contributed by atoms with Crippen LogP contribution in [0.1, 0.15) is 5.69 Å². The summed E-state index contributed by atoms with van der Waals surface area (Å²) in [4.78, 5) is 13.5. The third-order valence-electron chi connectivity index (χ3n) is 2.98. The number of aromatic nitrogens is 3. The Balaban J connectivity index is 2.19. The molecule has 2 aromatic heterocycles. The van der Waals surface area contributed by atoms with Crippen molar-refractivity contribution >= 4 is 34.2 Å². The van der Waals surface area contributed by atoms with E-state index in [1.165, 1.54) is 0 Å². The summed E-state index contributed by atoms with van der Waals surface area (Å²) < 4.78 is 0.844. The molecule has 0 radical (unpaired) electrons. The molecule has 0 unspecified atom stereocenters. The van der Waals surface area contributed by atoms with E-state index in [0.717, 1.165) is 26.2 Å². The standard InChI is InChI=1S/C16H11ClIN3/c1-10-6-5-9-12(19-10)16-20-14(13(18)15(17)21-16)11-7-3-2-4-8-11/h2-9H,1H3. The molecule has 0 bridgehead atoms. The smallest absolute Gasteiger partial charge is 0.180 e. The van der Waals surface area contributed by atoms with E-state index < -0.39 is 0 Å². The molecule has 1 aromatic carbocycles. The van der Waals surface area contributed by atoms with Crippen molar-refractivity contribution in [2.24, 2.45) is 0 Å². The Morgan fingerprint density at radius 3 is 2.38 bits per heavy atom. The molecular weight excluding hydrogens is 397 g/mol.